The quantitative estimate of drug-likeness (QED) is 0.670. The topological polar surface area (TPSA) is 64.9 Å². The molecular weight excluding hydrogens is 314 g/mol. The van der Waals surface area contributed by atoms with Gasteiger partial charge in [-0.25, -0.2) is 0 Å². The van der Waals surface area contributed by atoms with Crippen LogP contribution in [-0.4, -0.2) is 10.1 Å². The number of anilines is 1. The number of aromatic nitrogens is 2. The van der Waals surface area contributed by atoms with E-state index in [2.05, 4.69) is 33.0 Å². The Labute approximate surface area is 118 Å². The molecule has 0 saturated carbocycles. The van der Waals surface area contributed by atoms with Crippen molar-refractivity contribution >= 4 is 33.4 Å². The Balaban J connectivity index is 1.97. The molecule has 1 aromatic carbocycles. The van der Waals surface area contributed by atoms with Gasteiger partial charge >= 0.3 is 0 Å². The maximum Gasteiger partial charge on any atom is 0.226 e. The molecule has 0 unspecified atom stereocenters. The number of hydrogen-bond donors (Lipinski definition) is 1. The summed E-state index contributed by atoms with van der Waals surface area (Å²) in [7, 11) is 0. The summed E-state index contributed by atoms with van der Waals surface area (Å²) in [5.41, 5.74) is 6.68. The molecule has 0 radical (unpaired) electrons. The van der Waals surface area contributed by atoms with E-state index in [1.54, 1.807) is 11.8 Å². The molecular formula is C12H14BrN3OS. The van der Waals surface area contributed by atoms with Crippen molar-refractivity contribution in [2.75, 3.05) is 5.73 Å². The fraction of sp³-hybridized carbons (Fsp3) is 0.333. The van der Waals surface area contributed by atoms with Crippen LogP contribution in [0.1, 0.15) is 25.1 Å². The number of benzene rings is 1. The lowest BCUT2D eigenvalue weighted by molar-refractivity contribution is 0.373. The monoisotopic (exact) mass is 327 g/mol. The Morgan fingerprint density at radius 2 is 2.28 bits per heavy atom. The van der Waals surface area contributed by atoms with Crippen LogP contribution in [0.5, 0.6) is 0 Å². The highest BCUT2D eigenvalue weighted by molar-refractivity contribution is 9.10. The highest BCUT2D eigenvalue weighted by atomic mass is 79.9. The van der Waals surface area contributed by atoms with Crippen molar-refractivity contribution in [3.05, 3.63) is 34.4 Å². The summed E-state index contributed by atoms with van der Waals surface area (Å²) in [5, 5.41) is 3.94. The zero-order valence-electron chi connectivity index (χ0n) is 10.0. The van der Waals surface area contributed by atoms with Crippen LogP contribution in [0.25, 0.3) is 0 Å². The molecule has 2 rings (SSSR count). The van der Waals surface area contributed by atoms with E-state index in [4.69, 9.17) is 10.3 Å². The van der Waals surface area contributed by atoms with Crippen LogP contribution in [0.15, 0.2) is 32.1 Å². The summed E-state index contributed by atoms with van der Waals surface area (Å²) in [4.78, 5) is 5.34. The Morgan fingerprint density at radius 3 is 3.00 bits per heavy atom. The van der Waals surface area contributed by atoms with Crippen molar-refractivity contribution in [3.8, 4) is 0 Å². The Bertz CT molecular complexity index is 530. The second-order valence-electron chi connectivity index (χ2n) is 3.83. The molecule has 0 amide bonds. The van der Waals surface area contributed by atoms with E-state index >= 15 is 0 Å². The van der Waals surface area contributed by atoms with Crippen molar-refractivity contribution in [1.29, 1.82) is 0 Å². The number of thioether (sulfide) groups is 1. The smallest absolute Gasteiger partial charge is 0.226 e. The molecule has 0 aliphatic rings. The molecule has 0 aliphatic heterocycles. The fourth-order valence-corrected chi connectivity index (χ4v) is 2.63. The largest absolute Gasteiger partial charge is 0.398 e. The van der Waals surface area contributed by atoms with Gasteiger partial charge in [-0.05, 0) is 24.6 Å². The van der Waals surface area contributed by atoms with Gasteiger partial charge in [0.2, 0.25) is 5.89 Å². The average molecular weight is 328 g/mol. The van der Waals surface area contributed by atoms with E-state index < -0.39 is 0 Å². The van der Waals surface area contributed by atoms with E-state index in [0.717, 1.165) is 27.9 Å². The van der Waals surface area contributed by atoms with Gasteiger partial charge in [-0.1, -0.05) is 28.0 Å². The van der Waals surface area contributed by atoms with Gasteiger partial charge in [-0.2, -0.15) is 4.98 Å². The van der Waals surface area contributed by atoms with E-state index in [1.165, 1.54) is 0 Å². The Kier molecular flexibility index (Phi) is 4.66. The van der Waals surface area contributed by atoms with Crippen molar-refractivity contribution < 1.29 is 4.52 Å². The maximum atomic E-state index is 5.92. The maximum absolute atomic E-state index is 5.92. The van der Waals surface area contributed by atoms with E-state index in [1.807, 2.05) is 18.2 Å². The first kappa shape index (κ1) is 13.4. The molecule has 2 N–H and O–H groups in total. The minimum atomic E-state index is 0.666. The standard InChI is InChI=1S/C12H14BrN3OS/c1-2-3-12-15-11(16-17-12)7-18-10-5-4-8(13)6-9(10)14/h4-6H,2-3,7,14H2,1H3. The first-order valence-electron chi connectivity index (χ1n) is 5.68. The van der Waals surface area contributed by atoms with Crippen molar-refractivity contribution in [3.63, 3.8) is 0 Å². The van der Waals surface area contributed by atoms with E-state index in [-0.39, 0.29) is 0 Å². The van der Waals surface area contributed by atoms with Gasteiger partial charge in [0.05, 0.1) is 5.75 Å². The summed E-state index contributed by atoms with van der Waals surface area (Å²) >= 11 is 4.99. The van der Waals surface area contributed by atoms with Gasteiger partial charge in [-0.3, -0.25) is 0 Å². The second kappa shape index (κ2) is 6.24. The third kappa shape index (κ3) is 3.49. The SMILES string of the molecule is CCCc1nc(CSc2ccc(Br)cc2N)no1. The normalized spacial score (nSPS) is 10.8. The highest BCUT2D eigenvalue weighted by Crippen LogP contribution is 2.29. The molecule has 0 aliphatic carbocycles. The number of nitrogens with two attached hydrogens (primary N) is 1. The minimum Gasteiger partial charge on any atom is -0.398 e. The number of hydrogen-bond acceptors (Lipinski definition) is 5. The molecule has 6 heteroatoms. The van der Waals surface area contributed by atoms with Crippen molar-refractivity contribution in [1.82, 2.24) is 10.1 Å². The van der Waals surface area contributed by atoms with Gasteiger partial charge < -0.3 is 10.3 Å². The third-order valence-corrected chi connectivity index (χ3v) is 3.88. The van der Waals surface area contributed by atoms with Gasteiger partial charge in [0, 0.05) is 21.5 Å². The molecule has 4 nitrogen and oxygen atoms in total. The number of rotatable bonds is 5. The number of aryl methyl sites for hydroxylation is 1. The zero-order chi connectivity index (χ0) is 13.0. The van der Waals surface area contributed by atoms with Crippen molar-refractivity contribution in [2.45, 2.75) is 30.4 Å². The molecule has 0 bridgehead atoms. The summed E-state index contributed by atoms with van der Waals surface area (Å²) < 4.78 is 6.11. The molecule has 0 saturated heterocycles. The number of nitrogens with zero attached hydrogens (tertiary/aromatic N) is 2. The third-order valence-electron chi connectivity index (χ3n) is 2.30. The molecule has 1 heterocycles. The van der Waals surface area contributed by atoms with Gasteiger partial charge in [-0.15, -0.1) is 11.8 Å². The minimum absolute atomic E-state index is 0.666. The lowest BCUT2D eigenvalue weighted by atomic mass is 10.3. The van der Waals surface area contributed by atoms with Crippen LogP contribution in [0.2, 0.25) is 0 Å². The number of nitrogen functional groups attached to an aromatic ring is 1. The summed E-state index contributed by atoms with van der Waals surface area (Å²) in [5.74, 6) is 2.08. The Hall–Kier alpha value is -1.01. The van der Waals surface area contributed by atoms with E-state index in [0.29, 0.717) is 17.5 Å². The summed E-state index contributed by atoms with van der Waals surface area (Å²) in [6.07, 6.45) is 1.84. The van der Waals surface area contributed by atoms with Gasteiger partial charge in [0.25, 0.3) is 0 Å². The predicted molar refractivity (Wildman–Crippen MR) is 76.4 cm³/mol. The Morgan fingerprint density at radius 1 is 1.44 bits per heavy atom. The molecule has 96 valence electrons. The molecule has 0 spiro atoms. The number of halogens is 1. The summed E-state index contributed by atoms with van der Waals surface area (Å²) in [6.45, 7) is 2.08. The molecule has 0 fully saturated rings. The van der Waals surface area contributed by atoms with Crippen LogP contribution >= 0.6 is 27.7 Å². The molecule has 2 aromatic rings. The average Bonchev–Trinajstić information content (AvgIpc) is 2.76. The lowest BCUT2D eigenvalue weighted by Crippen LogP contribution is -1.90. The first-order chi connectivity index (χ1) is 8.69. The molecule has 1 aromatic heterocycles. The van der Waals surface area contributed by atoms with Gasteiger partial charge in [0.1, 0.15) is 0 Å². The fourth-order valence-electron chi connectivity index (χ4n) is 1.46. The van der Waals surface area contributed by atoms with Crippen molar-refractivity contribution in [2.24, 2.45) is 0 Å². The van der Waals surface area contributed by atoms with E-state index in [9.17, 15) is 0 Å². The molecule has 0 atom stereocenters. The van der Waals surface area contributed by atoms with Crippen LogP contribution in [-0.2, 0) is 12.2 Å². The summed E-state index contributed by atoms with van der Waals surface area (Å²) in [6, 6.07) is 5.84. The predicted octanol–water partition coefficient (Wildman–Crippen LogP) is 3.66. The van der Waals surface area contributed by atoms with Crippen LogP contribution in [0.4, 0.5) is 5.69 Å². The van der Waals surface area contributed by atoms with Crippen LogP contribution < -0.4 is 5.73 Å². The zero-order valence-corrected chi connectivity index (χ0v) is 12.4. The van der Waals surface area contributed by atoms with Crippen LogP contribution in [0, 0.1) is 0 Å². The van der Waals surface area contributed by atoms with Crippen LogP contribution in [0.3, 0.4) is 0 Å². The molecule has 18 heavy (non-hydrogen) atoms. The second-order valence-corrected chi connectivity index (χ2v) is 5.76. The lowest BCUT2D eigenvalue weighted by Gasteiger charge is -2.03. The van der Waals surface area contributed by atoms with Gasteiger partial charge in [0.15, 0.2) is 5.82 Å². The highest BCUT2D eigenvalue weighted by Gasteiger charge is 2.07. The first-order valence-corrected chi connectivity index (χ1v) is 7.46.